The summed E-state index contributed by atoms with van der Waals surface area (Å²) in [7, 11) is 0. The highest BCUT2D eigenvalue weighted by Crippen LogP contribution is 2.32. The number of hydrogen-bond donors (Lipinski definition) is 11. The second kappa shape index (κ2) is 47.2. The summed E-state index contributed by atoms with van der Waals surface area (Å²) in [5, 5.41) is 74.4. The van der Waals surface area contributed by atoms with Crippen molar-refractivity contribution in [2.75, 3.05) is 197 Å². The van der Waals surface area contributed by atoms with Crippen LogP contribution in [0.15, 0.2) is 189 Å². The van der Waals surface area contributed by atoms with Gasteiger partial charge in [0.25, 0.3) is 0 Å². The molecule has 0 fully saturated rings. The van der Waals surface area contributed by atoms with Crippen molar-refractivity contribution in [1.82, 2.24) is 56.8 Å². The Morgan fingerprint density at radius 1 is 0.271 bits per heavy atom. The Morgan fingerprint density at radius 3 is 0.805 bits per heavy atom. The van der Waals surface area contributed by atoms with E-state index >= 15 is 0 Å². The number of ether oxygens (including phenoxy) is 4. The van der Waals surface area contributed by atoms with E-state index in [1.54, 1.807) is 69.6 Å². The minimum Gasteiger partial charge on any atom is -0.491 e. The summed E-state index contributed by atoms with van der Waals surface area (Å²) in [6, 6.07) is 52.6. The summed E-state index contributed by atoms with van der Waals surface area (Å²) in [6.07, 6.45) is 0.112. The first kappa shape index (κ1) is 89.2. The Morgan fingerprint density at radius 2 is 0.508 bits per heavy atom. The quantitative estimate of drug-likeness (QED) is 0.0125. The van der Waals surface area contributed by atoms with Gasteiger partial charge in [-0.15, -0.1) is 45.3 Å². The van der Waals surface area contributed by atoms with Gasteiger partial charge in [-0.25, -0.2) is 0 Å². The first-order valence-corrected chi connectivity index (χ1v) is 44.9. The summed E-state index contributed by atoms with van der Waals surface area (Å²) in [5.74, 6) is 2.15. The SMILES string of the molecule is CCCCNCCN(CCN(CCNCCNCC(O)COc1ccc2sc3ccccc3c(=O)c2c1)CCNCCN(CCC)CCNCC(O)COc1ccc2sc3ccccc3c(=O)c2c1)CCN(CCNCC(O)COc1ccc2sc3ccccc3c(=O)c2c1)CCNCC(O)COc1ccc2sc3ccccc3c(=O)c2c1. The van der Waals surface area contributed by atoms with Crippen LogP contribution in [-0.2, 0) is 0 Å². The van der Waals surface area contributed by atoms with E-state index < -0.39 is 24.4 Å². The molecule has 12 aromatic rings. The Labute approximate surface area is 705 Å². The second-order valence-electron chi connectivity index (χ2n) is 30.0. The standard InChI is InChI=1S/C91H115N11O12S4/c1-3-5-30-92-33-44-102(51-49-101(46-38-97-58-66(105)62-113-70-24-28-86-78(54-70)90(109)74-16-8-12-20-82(74)117-86)47-39-98-59-67(106)63-114-71-25-29-87-79(55-71)91(110)75-17-9-13-21-83(75)118-87)50-48-100(42-34-93-31-32-95-56-64(103)60-111-68-22-26-84-76(52-68)88(107)72-14-6-10-18-80(72)115-84)43-36-94-35-41-99(40-4-2)45-37-96-57-65(104)61-112-69-23-27-85-77(53-69)89(108)73-15-7-11-19-81(73)116-85/h6-29,52-55,64-67,92-98,103-106H,3-5,30-51,56-63H2,1-2H3. The molecule has 12 rings (SSSR count). The lowest BCUT2D eigenvalue weighted by molar-refractivity contribution is 0.103. The van der Waals surface area contributed by atoms with E-state index in [0.29, 0.717) is 138 Å². The van der Waals surface area contributed by atoms with Crippen molar-refractivity contribution in [1.29, 1.82) is 0 Å². The largest absolute Gasteiger partial charge is 0.491 e. The van der Waals surface area contributed by atoms with E-state index in [9.17, 15) is 39.6 Å². The van der Waals surface area contributed by atoms with Gasteiger partial charge < -0.3 is 81.5 Å². The van der Waals surface area contributed by atoms with Crippen LogP contribution in [0.1, 0.15) is 33.1 Å². The minimum absolute atomic E-state index is 0.0200. The molecular weight excluding hydrogens is 1570 g/mol. The van der Waals surface area contributed by atoms with Crippen LogP contribution in [0.3, 0.4) is 0 Å². The zero-order valence-corrected chi connectivity index (χ0v) is 71.1. The summed E-state index contributed by atoms with van der Waals surface area (Å²) in [4.78, 5) is 63.5. The molecule has 8 aromatic carbocycles. The lowest BCUT2D eigenvalue weighted by Crippen LogP contribution is -2.47. The monoisotopic (exact) mass is 1680 g/mol. The summed E-state index contributed by atoms with van der Waals surface area (Å²) in [5.41, 5.74) is -0.125. The molecule has 11 N–H and O–H groups in total. The number of aliphatic hydroxyl groups is 4. The highest BCUT2D eigenvalue weighted by molar-refractivity contribution is 7.25. The molecule has 0 radical (unpaired) electrons. The molecule has 27 heteroatoms. The fraction of sp³-hybridized carbons (Fsp3) is 0.429. The summed E-state index contributed by atoms with van der Waals surface area (Å²) >= 11 is 6.29. The number of hydrogen-bond acceptors (Lipinski definition) is 27. The first-order valence-electron chi connectivity index (χ1n) is 41.6. The third kappa shape index (κ3) is 26.7. The fourth-order valence-electron chi connectivity index (χ4n) is 14.3. The molecule has 0 aliphatic carbocycles. The van der Waals surface area contributed by atoms with Crippen LogP contribution in [-0.4, -0.2) is 261 Å². The predicted octanol–water partition coefficient (Wildman–Crippen LogP) is 9.20. The van der Waals surface area contributed by atoms with Gasteiger partial charge in [0, 0.05) is 238 Å². The molecule has 0 spiro atoms. The van der Waals surface area contributed by atoms with Gasteiger partial charge in [0.15, 0.2) is 21.7 Å². The smallest absolute Gasteiger partial charge is 0.196 e. The van der Waals surface area contributed by atoms with E-state index in [4.69, 9.17) is 18.9 Å². The molecule has 0 bridgehead atoms. The Bertz CT molecular complexity index is 5260. The molecule has 0 aliphatic heterocycles. The molecule has 4 unspecified atom stereocenters. The maximum absolute atomic E-state index is 13.5. The van der Waals surface area contributed by atoms with E-state index in [1.165, 1.54) is 0 Å². The van der Waals surface area contributed by atoms with Crippen LogP contribution >= 0.6 is 45.3 Å². The van der Waals surface area contributed by atoms with Gasteiger partial charge in [0.1, 0.15) is 73.8 Å². The molecule has 0 amide bonds. The molecule has 630 valence electrons. The van der Waals surface area contributed by atoms with Crippen molar-refractivity contribution in [2.24, 2.45) is 0 Å². The van der Waals surface area contributed by atoms with Crippen LogP contribution in [0.5, 0.6) is 23.0 Å². The van der Waals surface area contributed by atoms with Crippen LogP contribution < -0.4 is 77.9 Å². The highest BCUT2D eigenvalue weighted by Gasteiger charge is 2.19. The van der Waals surface area contributed by atoms with Crippen LogP contribution in [0, 0.1) is 0 Å². The summed E-state index contributed by atoms with van der Waals surface area (Å²) in [6.45, 7) is 23.2. The van der Waals surface area contributed by atoms with Crippen molar-refractivity contribution >= 4 is 126 Å². The van der Waals surface area contributed by atoms with Crippen molar-refractivity contribution < 1.29 is 39.4 Å². The lowest BCUT2D eigenvalue weighted by atomic mass is 10.2. The van der Waals surface area contributed by atoms with Crippen LogP contribution in [0.4, 0.5) is 0 Å². The van der Waals surface area contributed by atoms with Crippen molar-refractivity contribution in [2.45, 2.75) is 57.5 Å². The average molecular weight is 1680 g/mol. The van der Waals surface area contributed by atoms with E-state index in [0.717, 1.165) is 155 Å². The number of aliphatic hydroxyl groups excluding tert-OH is 4. The van der Waals surface area contributed by atoms with E-state index in [2.05, 4.69) is 70.7 Å². The maximum atomic E-state index is 13.5. The van der Waals surface area contributed by atoms with Gasteiger partial charge in [-0.2, -0.15) is 0 Å². The van der Waals surface area contributed by atoms with Gasteiger partial charge in [0.05, 0.1) is 0 Å². The van der Waals surface area contributed by atoms with Crippen LogP contribution in [0.25, 0.3) is 80.7 Å². The van der Waals surface area contributed by atoms with Crippen molar-refractivity contribution in [3.63, 3.8) is 0 Å². The number of nitrogens with zero attached hydrogens (tertiary/aromatic N) is 4. The Hall–Kier alpha value is -8.08. The zero-order chi connectivity index (χ0) is 82.2. The number of fused-ring (bicyclic) bond motifs is 8. The summed E-state index contributed by atoms with van der Waals surface area (Å²) < 4.78 is 31.5. The second-order valence-corrected chi connectivity index (χ2v) is 34.3. The molecule has 4 atom stereocenters. The first-order chi connectivity index (χ1) is 57.7. The number of rotatable bonds is 55. The van der Waals surface area contributed by atoms with Gasteiger partial charge in [-0.05, 0) is 147 Å². The lowest BCUT2D eigenvalue weighted by Gasteiger charge is -2.31. The number of nitrogens with one attached hydrogen (secondary N) is 7. The van der Waals surface area contributed by atoms with Crippen molar-refractivity contribution in [3.05, 3.63) is 211 Å². The fourth-order valence-corrected chi connectivity index (χ4v) is 18.5. The van der Waals surface area contributed by atoms with E-state index in [1.807, 2.05) is 146 Å². The normalized spacial score (nSPS) is 13.1. The molecule has 4 heterocycles. The highest BCUT2D eigenvalue weighted by atomic mass is 32.1. The van der Waals surface area contributed by atoms with Gasteiger partial charge in [-0.1, -0.05) is 68.8 Å². The number of benzene rings is 8. The van der Waals surface area contributed by atoms with Gasteiger partial charge in [-0.3, -0.25) is 33.9 Å². The molecule has 4 aromatic heterocycles. The van der Waals surface area contributed by atoms with Gasteiger partial charge >= 0.3 is 0 Å². The maximum Gasteiger partial charge on any atom is 0.196 e. The molecule has 118 heavy (non-hydrogen) atoms. The van der Waals surface area contributed by atoms with Crippen molar-refractivity contribution in [3.8, 4) is 23.0 Å². The number of unbranched alkanes of at least 4 members (excludes halogenated alkanes) is 1. The molecular formula is C91H115N11O12S4. The molecule has 0 saturated heterocycles. The molecule has 0 saturated carbocycles. The third-order valence-corrected chi connectivity index (χ3v) is 25.5. The topological polar surface area (TPSA) is 283 Å². The van der Waals surface area contributed by atoms with E-state index in [-0.39, 0.29) is 48.1 Å². The van der Waals surface area contributed by atoms with Crippen LogP contribution in [0.2, 0.25) is 0 Å². The molecule has 23 nitrogen and oxygen atoms in total. The Kier molecular flexibility index (Phi) is 35.7. The average Bonchev–Trinajstić information content (AvgIpc) is 0.796. The van der Waals surface area contributed by atoms with Gasteiger partial charge in [0.2, 0.25) is 0 Å². The minimum atomic E-state index is -0.808. The zero-order valence-electron chi connectivity index (χ0n) is 67.8. The third-order valence-electron chi connectivity index (χ3n) is 20.9. The molecule has 0 aliphatic rings. The Balaban J connectivity index is 0.636. The predicted molar refractivity (Wildman–Crippen MR) is 489 cm³/mol.